The minimum absolute atomic E-state index is 0.189. The molecule has 0 aromatic carbocycles. The third-order valence-electron chi connectivity index (χ3n) is 1.78. The van der Waals surface area contributed by atoms with Crippen molar-refractivity contribution < 1.29 is 9.53 Å². The van der Waals surface area contributed by atoms with E-state index in [2.05, 4.69) is 6.92 Å². The van der Waals surface area contributed by atoms with Crippen LogP contribution in [-0.2, 0) is 9.53 Å². The molecule has 0 aromatic heterocycles. The predicted octanol–water partition coefficient (Wildman–Crippen LogP) is 2.58. The summed E-state index contributed by atoms with van der Waals surface area (Å²) in [4.78, 5) is 11.2. The molecule has 3 heteroatoms. The molecule has 0 aromatic rings. The number of carbonyl (C=O) groups is 1. The van der Waals surface area contributed by atoms with Crippen LogP contribution in [0.5, 0.6) is 0 Å². The van der Waals surface area contributed by atoms with E-state index in [0.29, 0.717) is 5.57 Å². The van der Waals surface area contributed by atoms with E-state index >= 15 is 0 Å². The molecular weight excluding hydrogens is 178 g/mol. The zero-order valence-electron chi connectivity index (χ0n) is 8.88. The van der Waals surface area contributed by atoms with Gasteiger partial charge in [-0.05, 0) is 13.3 Å². The number of hydrogen-bond acceptors (Lipinski definition) is 3. The Morgan fingerprint density at radius 2 is 2.29 bits per heavy atom. The first-order valence-corrected chi connectivity index (χ1v) is 4.93. The molecular formula is C11H17NO2. The Hall–Kier alpha value is -1.30. The van der Waals surface area contributed by atoms with Crippen molar-refractivity contribution >= 4 is 5.97 Å². The van der Waals surface area contributed by atoms with E-state index in [9.17, 15) is 4.79 Å². The number of hydrogen-bond donors (Lipinski definition) is 0. The van der Waals surface area contributed by atoms with Gasteiger partial charge in [-0.2, -0.15) is 5.26 Å². The van der Waals surface area contributed by atoms with Crippen molar-refractivity contribution in [2.75, 3.05) is 6.61 Å². The van der Waals surface area contributed by atoms with Crippen LogP contribution in [0.2, 0.25) is 0 Å². The highest BCUT2D eigenvalue weighted by Crippen LogP contribution is 2.03. The molecule has 0 fully saturated rings. The van der Waals surface area contributed by atoms with Crippen molar-refractivity contribution in [2.24, 2.45) is 0 Å². The number of unbranched alkanes of at least 4 members (excludes halogenated alkanes) is 2. The summed E-state index contributed by atoms with van der Waals surface area (Å²) in [6.07, 6.45) is 5.26. The average molecular weight is 195 g/mol. The fourth-order valence-corrected chi connectivity index (χ4v) is 0.909. The lowest BCUT2D eigenvalue weighted by Gasteiger charge is -2.01. The first kappa shape index (κ1) is 12.7. The summed E-state index contributed by atoms with van der Waals surface area (Å²) in [5.74, 6) is -0.309. The van der Waals surface area contributed by atoms with Crippen molar-refractivity contribution in [2.45, 2.75) is 39.5 Å². The second-order valence-corrected chi connectivity index (χ2v) is 3.07. The summed E-state index contributed by atoms with van der Waals surface area (Å²) in [5.41, 5.74) is 0.636. The van der Waals surface area contributed by atoms with Crippen molar-refractivity contribution in [3.05, 3.63) is 11.6 Å². The van der Waals surface area contributed by atoms with E-state index in [0.717, 1.165) is 19.3 Å². The molecule has 0 N–H and O–H groups in total. The van der Waals surface area contributed by atoms with Gasteiger partial charge < -0.3 is 4.74 Å². The van der Waals surface area contributed by atoms with Gasteiger partial charge in [0.2, 0.25) is 0 Å². The first-order valence-electron chi connectivity index (χ1n) is 4.93. The van der Waals surface area contributed by atoms with Crippen LogP contribution in [0.25, 0.3) is 0 Å². The van der Waals surface area contributed by atoms with Crippen LogP contribution >= 0.6 is 0 Å². The number of carbonyl (C=O) groups excluding carboxylic acids is 1. The van der Waals surface area contributed by atoms with Gasteiger partial charge in [0, 0.05) is 5.57 Å². The van der Waals surface area contributed by atoms with E-state index < -0.39 is 0 Å². The monoisotopic (exact) mass is 195 g/mol. The molecule has 0 aliphatic carbocycles. The highest BCUT2D eigenvalue weighted by Gasteiger charge is 2.03. The molecule has 0 saturated carbocycles. The maximum absolute atomic E-state index is 11.2. The molecule has 0 unspecified atom stereocenters. The summed E-state index contributed by atoms with van der Waals surface area (Å²) in [7, 11) is 0. The summed E-state index contributed by atoms with van der Waals surface area (Å²) >= 11 is 0. The van der Waals surface area contributed by atoms with Crippen molar-refractivity contribution in [1.82, 2.24) is 0 Å². The van der Waals surface area contributed by atoms with Gasteiger partial charge >= 0.3 is 5.97 Å². The molecule has 0 heterocycles. The molecule has 0 bridgehead atoms. The van der Waals surface area contributed by atoms with Gasteiger partial charge in [-0.15, -0.1) is 0 Å². The SMILES string of the molecule is CCCCC=C(C)C(=O)OCCC#N. The van der Waals surface area contributed by atoms with Crippen LogP contribution in [0, 0.1) is 11.3 Å². The molecule has 78 valence electrons. The van der Waals surface area contributed by atoms with Gasteiger partial charge in [0.15, 0.2) is 0 Å². The number of nitriles is 1. The molecule has 0 aliphatic rings. The van der Waals surface area contributed by atoms with Crippen LogP contribution < -0.4 is 0 Å². The second kappa shape index (κ2) is 8.31. The summed E-state index contributed by atoms with van der Waals surface area (Å²) in [6, 6.07) is 1.92. The lowest BCUT2D eigenvalue weighted by Crippen LogP contribution is -2.06. The molecule has 0 aliphatic heterocycles. The van der Waals surface area contributed by atoms with Crippen LogP contribution in [0.15, 0.2) is 11.6 Å². The zero-order chi connectivity index (χ0) is 10.8. The number of rotatable bonds is 6. The predicted molar refractivity (Wildman–Crippen MR) is 54.5 cm³/mol. The van der Waals surface area contributed by atoms with E-state index in [1.54, 1.807) is 6.92 Å². The Balaban J connectivity index is 3.75. The summed E-state index contributed by atoms with van der Waals surface area (Å²) in [6.45, 7) is 4.03. The highest BCUT2D eigenvalue weighted by atomic mass is 16.5. The van der Waals surface area contributed by atoms with E-state index in [-0.39, 0.29) is 19.0 Å². The number of ether oxygens (including phenoxy) is 1. The topological polar surface area (TPSA) is 50.1 Å². The molecule has 0 saturated heterocycles. The highest BCUT2D eigenvalue weighted by molar-refractivity contribution is 5.87. The Labute approximate surface area is 85.4 Å². The Morgan fingerprint density at radius 3 is 2.86 bits per heavy atom. The van der Waals surface area contributed by atoms with E-state index in [4.69, 9.17) is 10.00 Å². The number of nitrogens with zero attached hydrogens (tertiary/aromatic N) is 1. The Kier molecular flexibility index (Phi) is 7.53. The maximum atomic E-state index is 11.2. The van der Waals surface area contributed by atoms with E-state index in [1.165, 1.54) is 0 Å². The van der Waals surface area contributed by atoms with Crippen LogP contribution in [0.3, 0.4) is 0 Å². The quantitative estimate of drug-likeness (QED) is 0.372. The zero-order valence-corrected chi connectivity index (χ0v) is 8.88. The third kappa shape index (κ3) is 6.24. The summed E-state index contributed by atoms with van der Waals surface area (Å²) < 4.78 is 4.85. The molecule has 0 radical (unpaired) electrons. The van der Waals surface area contributed by atoms with Crippen LogP contribution in [-0.4, -0.2) is 12.6 Å². The molecule has 0 spiro atoms. The van der Waals surface area contributed by atoms with E-state index in [1.807, 2.05) is 12.1 Å². The van der Waals surface area contributed by atoms with Crippen molar-refractivity contribution in [3.63, 3.8) is 0 Å². The van der Waals surface area contributed by atoms with Crippen LogP contribution in [0.1, 0.15) is 39.5 Å². The lowest BCUT2D eigenvalue weighted by molar-refractivity contribution is -0.138. The lowest BCUT2D eigenvalue weighted by atomic mass is 10.2. The molecule has 0 amide bonds. The van der Waals surface area contributed by atoms with Gasteiger partial charge in [0.1, 0.15) is 6.61 Å². The fourth-order valence-electron chi connectivity index (χ4n) is 0.909. The standard InChI is InChI=1S/C11H17NO2/c1-3-4-5-7-10(2)11(13)14-9-6-8-12/h7H,3-6,9H2,1-2H3. The molecule has 0 rings (SSSR count). The molecule has 0 atom stereocenters. The minimum atomic E-state index is -0.309. The molecule has 3 nitrogen and oxygen atoms in total. The van der Waals surface area contributed by atoms with Crippen LogP contribution in [0.4, 0.5) is 0 Å². The first-order chi connectivity index (χ1) is 6.72. The molecule has 14 heavy (non-hydrogen) atoms. The van der Waals surface area contributed by atoms with Crippen molar-refractivity contribution in [3.8, 4) is 6.07 Å². The average Bonchev–Trinajstić information content (AvgIpc) is 2.18. The third-order valence-corrected chi connectivity index (χ3v) is 1.78. The number of esters is 1. The second-order valence-electron chi connectivity index (χ2n) is 3.07. The number of allylic oxidation sites excluding steroid dienone is 1. The normalized spacial score (nSPS) is 10.8. The minimum Gasteiger partial charge on any atom is -0.461 e. The largest absolute Gasteiger partial charge is 0.461 e. The van der Waals surface area contributed by atoms with Gasteiger partial charge in [0.25, 0.3) is 0 Å². The summed E-state index contributed by atoms with van der Waals surface area (Å²) in [5, 5.41) is 8.24. The van der Waals surface area contributed by atoms with Crippen molar-refractivity contribution in [1.29, 1.82) is 5.26 Å². The Morgan fingerprint density at radius 1 is 1.57 bits per heavy atom. The van der Waals surface area contributed by atoms with Gasteiger partial charge in [-0.1, -0.05) is 25.8 Å². The van der Waals surface area contributed by atoms with Gasteiger partial charge in [-0.3, -0.25) is 0 Å². The Bertz CT molecular complexity index is 238. The smallest absolute Gasteiger partial charge is 0.333 e. The van der Waals surface area contributed by atoms with Gasteiger partial charge in [0.05, 0.1) is 12.5 Å². The maximum Gasteiger partial charge on any atom is 0.333 e. The fraction of sp³-hybridized carbons (Fsp3) is 0.636. The van der Waals surface area contributed by atoms with Gasteiger partial charge in [-0.25, -0.2) is 4.79 Å².